The van der Waals surface area contributed by atoms with Gasteiger partial charge in [-0.1, -0.05) is 66.2 Å². The Labute approximate surface area is 227 Å². The fourth-order valence-electron chi connectivity index (χ4n) is 3.95. The summed E-state index contributed by atoms with van der Waals surface area (Å²) in [6.07, 6.45) is 0. The number of hydrogen-bond donors (Lipinski definition) is 0. The number of ether oxygens (including phenoxy) is 1. The maximum Gasteiger partial charge on any atom is 0.326 e. The summed E-state index contributed by atoms with van der Waals surface area (Å²) in [5.74, 6) is -2.51. The number of aromatic nitrogens is 1. The number of carbonyl (C=O) groups is 4. The summed E-state index contributed by atoms with van der Waals surface area (Å²) in [6, 6.07) is 22.9. The molecule has 1 aliphatic heterocycles. The van der Waals surface area contributed by atoms with Crippen molar-refractivity contribution in [2.75, 3.05) is 18.1 Å². The Bertz CT molecular complexity index is 1490. The molecule has 0 saturated heterocycles. The van der Waals surface area contributed by atoms with Crippen molar-refractivity contribution in [1.82, 2.24) is 9.88 Å². The molecule has 5 rings (SSSR count). The van der Waals surface area contributed by atoms with Crippen LogP contribution in [-0.4, -0.2) is 46.7 Å². The molecule has 0 N–H and O–H groups in total. The molecule has 1 aromatic heterocycles. The summed E-state index contributed by atoms with van der Waals surface area (Å²) in [5, 5.41) is 2.87. The average molecular weight is 546 g/mol. The molecule has 10 heteroatoms. The zero-order chi connectivity index (χ0) is 26.6. The van der Waals surface area contributed by atoms with Crippen LogP contribution in [0.4, 0.5) is 5.13 Å². The molecule has 0 saturated carbocycles. The molecule has 0 atom stereocenters. The molecule has 190 valence electrons. The Hall–Kier alpha value is -4.34. The third-order valence-corrected chi connectivity index (χ3v) is 6.99. The number of amides is 3. The highest BCUT2D eigenvalue weighted by molar-refractivity contribution is 7.14. The second kappa shape index (κ2) is 11.0. The van der Waals surface area contributed by atoms with Crippen molar-refractivity contribution in [3.05, 3.63) is 106 Å². The molecule has 0 aliphatic carbocycles. The van der Waals surface area contributed by atoms with Crippen molar-refractivity contribution in [1.29, 1.82) is 0 Å². The number of anilines is 1. The Morgan fingerprint density at radius 3 is 2.18 bits per heavy atom. The summed E-state index contributed by atoms with van der Waals surface area (Å²) >= 11 is 7.27. The third-order valence-electron chi connectivity index (χ3n) is 5.87. The predicted octanol–water partition coefficient (Wildman–Crippen LogP) is 4.84. The molecule has 0 unspecified atom stereocenters. The van der Waals surface area contributed by atoms with Gasteiger partial charge in [0.25, 0.3) is 17.7 Å². The lowest BCUT2D eigenvalue weighted by atomic mass is 10.1. The quantitative estimate of drug-likeness (QED) is 0.232. The third kappa shape index (κ3) is 5.34. The fraction of sp³-hybridized carbons (Fsp3) is 0.107. The van der Waals surface area contributed by atoms with E-state index >= 15 is 0 Å². The van der Waals surface area contributed by atoms with Crippen LogP contribution in [0.3, 0.4) is 0 Å². The van der Waals surface area contributed by atoms with E-state index in [0.29, 0.717) is 15.8 Å². The van der Waals surface area contributed by atoms with Gasteiger partial charge in [-0.05, 0) is 29.8 Å². The van der Waals surface area contributed by atoms with Crippen LogP contribution in [0.15, 0.2) is 84.2 Å². The molecule has 0 bridgehead atoms. The summed E-state index contributed by atoms with van der Waals surface area (Å²) in [4.78, 5) is 57.7. The van der Waals surface area contributed by atoms with E-state index in [1.807, 2.05) is 47.8 Å². The van der Waals surface area contributed by atoms with Crippen LogP contribution in [0, 0.1) is 0 Å². The highest BCUT2D eigenvalue weighted by Gasteiger charge is 2.36. The van der Waals surface area contributed by atoms with Gasteiger partial charge < -0.3 is 4.74 Å². The Kier molecular flexibility index (Phi) is 7.30. The number of halogens is 1. The normalized spacial score (nSPS) is 12.4. The molecule has 0 radical (unpaired) electrons. The first kappa shape index (κ1) is 25.3. The van der Waals surface area contributed by atoms with Gasteiger partial charge in [0.05, 0.1) is 23.4 Å². The van der Waals surface area contributed by atoms with Crippen LogP contribution in [0.1, 0.15) is 26.3 Å². The van der Waals surface area contributed by atoms with E-state index in [2.05, 4.69) is 4.98 Å². The first-order valence-corrected chi connectivity index (χ1v) is 12.8. The van der Waals surface area contributed by atoms with Crippen molar-refractivity contribution in [2.24, 2.45) is 0 Å². The van der Waals surface area contributed by atoms with E-state index < -0.39 is 36.8 Å². The number of fused-ring (bicyclic) bond motifs is 1. The van der Waals surface area contributed by atoms with Crippen LogP contribution in [0.5, 0.6) is 0 Å². The van der Waals surface area contributed by atoms with Crippen molar-refractivity contribution in [3.63, 3.8) is 0 Å². The number of carbonyl (C=O) groups excluding carboxylic acids is 4. The minimum Gasteiger partial charge on any atom is -0.454 e. The summed E-state index contributed by atoms with van der Waals surface area (Å²) < 4.78 is 5.19. The van der Waals surface area contributed by atoms with Gasteiger partial charge in [0.1, 0.15) is 6.54 Å². The van der Waals surface area contributed by atoms with Crippen LogP contribution in [0.25, 0.3) is 11.3 Å². The molecule has 0 fully saturated rings. The van der Waals surface area contributed by atoms with Crippen LogP contribution in [0.2, 0.25) is 5.02 Å². The van der Waals surface area contributed by atoms with Gasteiger partial charge in [-0.2, -0.15) is 0 Å². The smallest absolute Gasteiger partial charge is 0.326 e. The molecule has 8 nitrogen and oxygen atoms in total. The highest BCUT2D eigenvalue weighted by atomic mass is 35.5. The SMILES string of the molecule is O=C(CN1C(=O)c2ccccc2C1=O)OCC(=O)N(Cc1ccccc1)c1nc(-c2ccc(Cl)cc2)cs1. The number of thiazole rings is 1. The lowest BCUT2D eigenvalue weighted by Gasteiger charge is -2.20. The summed E-state index contributed by atoms with van der Waals surface area (Å²) in [7, 11) is 0. The minimum absolute atomic E-state index is 0.212. The van der Waals surface area contributed by atoms with Gasteiger partial charge in [0, 0.05) is 16.0 Å². The molecule has 0 spiro atoms. The summed E-state index contributed by atoms with van der Waals surface area (Å²) in [5.41, 5.74) is 2.85. The van der Waals surface area contributed by atoms with E-state index in [0.717, 1.165) is 16.0 Å². The molecule has 1 aliphatic rings. The minimum atomic E-state index is -0.867. The molecular weight excluding hydrogens is 526 g/mol. The van der Waals surface area contributed by atoms with E-state index in [1.54, 1.807) is 24.3 Å². The zero-order valence-electron chi connectivity index (χ0n) is 19.9. The van der Waals surface area contributed by atoms with Gasteiger partial charge in [0.2, 0.25) is 0 Å². The number of rotatable bonds is 8. The molecular formula is C28H20ClN3O5S. The van der Waals surface area contributed by atoms with E-state index in [-0.39, 0.29) is 17.7 Å². The number of benzene rings is 3. The largest absolute Gasteiger partial charge is 0.454 e. The fourth-order valence-corrected chi connectivity index (χ4v) is 4.92. The Morgan fingerprint density at radius 1 is 0.895 bits per heavy atom. The van der Waals surface area contributed by atoms with Gasteiger partial charge in [-0.25, -0.2) is 4.98 Å². The van der Waals surface area contributed by atoms with Crippen molar-refractivity contribution >= 4 is 51.8 Å². The van der Waals surface area contributed by atoms with Gasteiger partial charge in [-0.15, -0.1) is 11.3 Å². The number of hydrogen-bond acceptors (Lipinski definition) is 7. The van der Waals surface area contributed by atoms with E-state index in [4.69, 9.17) is 16.3 Å². The lowest BCUT2D eigenvalue weighted by Crippen LogP contribution is -2.38. The second-order valence-corrected chi connectivity index (χ2v) is 9.66. The molecule has 3 amide bonds. The first-order chi connectivity index (χ1) is 18.4. The standard InChI is InChI=1S/C28H20ClN3O5S/c29-20-12-10-19(11-13-20)23-17-38-28(30-23)31(14-18-6-2-1-3-7-18)24(33)16-37-25(34)15-32-26(35)21-8-4-5-9-22(21)27(32)36/h1-13,17H,14-16H2. The Balaban J connectivity index is 1.28. The highest BCUT2D eigenvalue weighted by Crippen LogP contribution is 2.29. The number of nitrogens with zero attached hydrogens (tertiary/aromatic N) is 3. The van der Waals surface area contributed by atoms with Crippen molar-refractivity contribution < 1.29 is 23.9 Å². The molecule has 2 heterocycles. The monoisotopic (exact) mass is 545 g/mol. The zero-order valence-corrected chi connectivity index (χ0v) is 21.4. The number of esters is 1. The van der Waals surface area contributed by atoms with Gasteiger partial charge >= 0.3 is 5.97 Å². The Morgan fingerprint density at radius 2 is 1.53 bits per heavy atom. The van der Waals surface area contributed by atoms with Crippen molar-refractivity contribution in [3.8, 4) is 11.3 Å². The molecule has 3 aromatic carbocycles. The maximum absolute atomic E-state index is 13.2. The summed E-state index contributed by atoms with van der Waals surface area (Å²) in [6.45, 7) is -0.954. The maximum atomic E-state index is 13.2. The first-order valence-electron chi connectivity index (χ1n) is 11.6. The van der Waals surface area contributed by atoms with Gasteiger partial charge in [-0.3, -0.25) is 29.0 Å². The van der Waals surface area contributed by atoms with E-state index in [1.165, 1.54) is 28.4 Å². The van der Waals surface area contributed by atoms with Crippen molar-refractivity contribution in [2.45, 2.75) is 6.54 Å². The average Bonchev–Trinajstić information content (AvgIpc) is 3.51. The topological polar surface area (TPSA) is 96.9 Å². The molecule has 4 aromatic rings. The lowest BCUT2D eigenvalue weighted by molar-refractivity contribution is -0.148. The van der Waals surface area contributed by atoms with E-state index in [9.17, 15) is 19.2 Å². The predicted molar refractivity (Wildman–Crippen MR) is 143 cm³/mol. The second-order valence-electron chi connectivity index (χ2n) is 8.39. The van der Waals surface area contributed by atoms with Crippen LogP contribution in [-0.2, 0) is 20.9 Å². The van der Waals surface area contributed by atoms with Crippen LogP contribution < -0.4 is 4.90 Å². The molecule has 38 heavy (non-hydrogen) atoms. The number of imide groups is 1. The van der Waals surface area contributed by atoms with Crippen LogP contribution >= 0.6 is 22.9 Å². The van der Waals surface area contributed by atoms with Gasteiger partial charge in [0.15, 0.2) is 11.7 Å².